The Morgan fingerprint density at radius 3 is 2.61 bits per heavy atom. The lowest BCUT2D eigenvalue weighted by Crippen LogP contribution is -2.20. The minimum atomic E-state index is -4.92. The number of pyridine rings is 1. The van der Waals surface area contributed by atoms with Gasteiger partial charge in [0.1, 0.15) is 15.0 Å². The quantitative estimate of drug-likeness (QED) is 0.342. The van der Waals surface area contributed by atoms with Crippen molar-refractivity contribution in [3.05, 3.63) is 21.0 Å². The number of hydrogen-bond acceptors (Lipinski definition) is 4. The van der Waals surface area contributed by atoms with Crippen LogP contribution in [0.5, 0.6) is 5.75 Å². The largest absolute Gasteiger partial charge is 0.573 e. The van der Waals surface area contributed by atoms with E-state index < -0.39 is 18.1 Å². The number of hydrogen-bond donors (Lipinski definition) is 0. The van der Waals surface area contributed by atoms with Gasteiger partial charge in [-0.2, -0.15) is 0 Å². The molecule has 0 aliphatic carbocycles. The molecule has 0 spiro atoms. The lowest BCUT2D eigenvalue weighted by molar-refractivity contribution is -0.274. The Hall–Kier alpha value is -0.770. The van der Waals surface area contributed by atoms with Crippen molar-refractivity contribution in [3.63, 3.8) is 0 Å². The second kappa shape index (κ2) is 5.91. The Bertz CT molecular complexity index is 467. The number of esters is 1. The topological polar surface area (TPSA) is 48.4 Å². The van der Waals surface area contributed by atoms with Crippen LogP contribution in [0.4, 0.5) is 13.2 Å². The highest BCUT2D eigenvalue weighted by atomic mass is 127. The number of alkyl halides is 4. The first-order valence-corrected chi connectivity index (χ1v) is 5.99. The van der Waals surface area contributed by atoms with E-state index in [4.69, 9.17) is 11.6 Å². The predicted molar refractivity (Wildman–Crippen MR) is 64.5 cm³/mol. The molecule has 0 atom stereocenters. The van der Waals surface area contributed by atoms with Crippen LogP contribution >= 0.6 is 34.2 Å². The van der Waals surface area contributed by atoms with Crippen molar-refractivity contribution in [2.45, 2.75) is 12.2 Å². The molecule has 4 nitrogen and oxygen atoms in total. The predicted octanol–water partition coefficient (Wildman–Crippen LogP) is 3.11. The fourth-order valence-corrected chi connectivity index (χ4v) is 2.03. The summed E-state index contributed by atoms with van der Waals surface area (Å²) >= 11 is 7.10. The van der Waals surface area contributed by atoms with E-state index in [1.807, 2.05) is 0 Å². The average molecular weight is 396 g/mol. The van der Waals surface area contributed by atoms with Gasteiger partial charge in [-0.25, -0.2) is 9.78 Å². The van der Waals surface area contributed by atoms with Crippen molar-refractivity contribution in [3.8, 4) is 5.75 Å². The Kier molecular flexibility index (Phi) is 5.02. The monoisotopic (exact) mass is 395 g/mol. The third-order valence-corrected chi connectivity index (χ3v) is 2.80. The van der Waals surface area contributed by atoms with E-state index in [1.165, 1.54) is 0 Å². The SMILES string of the molecule is COC(=O)c1c(OC(F)(F)F)cc(CCl)nc1I. The van der Waals surface area contributed by atoms with Crippen LogP contribution in [0.3, 0.4) is 0 Å². The van der Waals surface area contributed by atoms with Gasteiger partial charge in [-0.05, 0) is 22.6 Å². The van der Waals surface area contributed by atoms with Gasteiger partial charge in [-0.1, -0.05) is 0 Å². The van der Waals surface area contributed by atoms with Crippen molar-refractivity contribution >= 4 is 40.2 Å². The first kappa shape index (κ1) is 15.3. The molecule has 1 aromatic heterocycles. The van der Waals surface area contributed by atoms with Crippen LogP contribution in [0.1, 0.15) is 16.1 Å². The van der Waals surface area contributed by atoms with Gasteiger partial charge in [-0.3, -0.25) is 0 Å². The van der Waals surface area contributed by atoms with Gasteiger partial charge in [-0.15, -0.1) is 24.8 Å². The zero-order valence-corrected chi connectivity index (χ0v) is 11.8. The van der Waals surface area contributed by atoms with Crippen LogP contribution in [0, 0.1) is 3.70 Å². The fourth-order valence-electron chi connectivity index (χ4n) is 1.10. The van der Waals surface area contributed by atoms with Crippen LogP contribution in [0.15, 0.2) is 6.07 Å². The normalized spacial score (nSPS) is 11.2. The standard InChI is InChI=1S/C9H6ClF3INO3/c1-17-8(16)6-5(18-9(11,12)13)2-4(3-10)15-7(6)14/h2H,3H2,1H3. The van der Waals surface area contributed by atoms with Crippen molar-refractivity contribution in [1.29, 1.82) is 0 Å². The van der Waals surface area contributed by atoms with Crippen molar-refractivity contribution in [2.24, 2.45) is 0 Å². The number of carbonyl (C=O) groups excluding carboxylic acids is 1. The molecule has 0 amide bonds. The smallest absolute Gasteiger partial charge is 0.465 e. The summed E-state index contributed by atoms with van der Waals surface area (Å²) in [5.41, 5.74) is -0.225. The number of carbonyl (C=O) groups is 1. The summed E-state index contributed by atoms with van der Waals surface area (Å²) in [7, 11) is 1.05. The van der Waals surface area contributed by atoms with Gasteiger partial charge < -0.3 is 9.47 Å². The number of aromatic nitrogens is 1. The molecule has 0 radical (unpaired) electrons. The lowest BCUT2D eigenvalue weighted by atomic mass is 10.2. The summed E-state index contributed by atoms with van der Waals surface area (Å²) in [6.45, 7) is 0. The van der Waals surface area contributed by atoms with Gasteiger partial charge in [0.05, 0.1) is 18.7 Å². The highest BCUT2D eigenvalue weighted by Gasteiger charge is 2.34. The molecule has 1 heterocycles. The molecule has 0 fully saturated rings. The van der Waals surface area contributed by atoms with Crippen molar-refractivity contribution < 1.29 is 27.4 Å². The molecule has 9 heteroatoms. The Morgan fingerprint density at radius 1 is 1.56 bits per heavy atom. The first-order chi connectivity index (χ1) is 8.28. The summed E-state index contributed by atoms with van der Waals surface area (Å²) < 4.78 is 44.9. The van der Waals surface area contributed by atoms with Crippen LogP contribution in [0.2, 0.25) is 0 Å². The second-order valence-electron chi connectivity index (χ2n) is 2.95. The number of halogens is 5. The molecule has 1 rings (SSSR count). The highest BCUT2D eigenvalue weighted by molar-refractivity contribution is 14.1. The molecule has 0 N–H and O–H groups in total. The Labute approximate surface area is 119 Å². The maximum absolute atomic E-state index is 12.2. The Morgan fingerprint density at radius 2 is 2.17 bits per heavy atom. The van der Waals surface area contributed by atoms with Crippen LogP contribution in [-0.4, -0.2) is 24.4 Å². The molecular weight excluding hydrogens is 389 g/mol. The number of rotatable bonds is 3. The van der Waals surface area contributed by atoms with E-state index in [0.717, 1.165) is 13.2 Å². The molecule has 0 aliphatic rings. The summed E-state index contributed by atoms with van der Waals surface area (Å²) in [5.74, 6) is -1.75. The number of nitrogens with zero attached hydrogens (tertiary/aromatic N) is 1. The Balaban J connectivity index is 3.34. The lowest BCUT2D eigenvalue weighted by Gasteiger charge is -2.14. The molecular formula is C9H6ClF3INO3. The van der Waals surface area contributed by atoms with Gasteiger partial charge in [0.15, 0.2) is 0 Å². The molecule has 100 valence electrons. The van der Waals surface area contributed by atoms with E-state index in [9.17, 15) is 18.0 Å². The molecule has 0 unspecified atom stereocenters. The van der Waals surface area contributed by atoms with Crippen LogP contribution < -0.4 is 4.74 Å². The number of ether oxygens (including phenoxy) is 2. The molecule has 0 saturated heterocycles. The third kappa shape index (κ3) is 3.87. The fraction of sp³-hybridized carbons (Fsp3) is 0.333. The third-order valence-electron chi connectivity index (χ3n) is 1.74. The van der Waals surface area contributed by atoms with Gasteiger partial charge in [0, 0.05) is 6.07 Å². The van der Waals surface area contributed by atoms with E-state index in [-0.39, 0.29) is 20.8 Å². The van der Waals surface area contributed by atoms with E-state index >= 15 is 0 Å². The maximum atomic E-state index is 12.2. The maximum Gasteiger partial charge on any atom is 0.573 e. The summed E-state index contributed by atoms with van der Waals surface area (Å²) in [6.07, 6.45) is -4.92. The minimum absolute atomic E-state index is 0.0249. The zero-order valence-electron chi connectivity index (χ0n) is 8.85. The van der Waals surface area contributed by atoms with E-state index in [2.05, 4.69) is 14.5 Å². The molecule has 18 heavy (non-hydrogen) atoms. The van der Waals surface area contributed by atoms with E-state index in [1.54, 1.807) is 22.6 Å². The average Bonchev–Trinajstić information content (AvgIpc) is 2.25. The molecule has 0 aromatic carbocycles. The first-order valence-electron chi connectivity index (χ1n) is 4.38. The molecule has 0 bridgehead atoms. The van der Waals surface area contributed by atoms with E-state index in [0.29, 0.717) is 0 Å². The second-order valence-corrected chi connectivity index (χ2v) is 4.24. The highest BCUT2D eigenvalue weighted by Crippen LogP contribution is 2.30. The molecule has 0 aliphatic heterocycles. The van der Waals surface area contributed by atoms with Gasteiger partial charge >= 0.3 is 12.3 Å². The van der Waals surface area contributed by atoms with Crippen LogP contribution in [0.25, 0.3) is 0 Å². The summed E-state index contributed by atoms with van der Waals surface area (Å²) in [4.78, 5) is 15.3. The summed E-state index contributed by atoms with van der Waals surface area (Å²) in [5, 5.41) is 0. The zero-order chi connectivity index (χ0) is 13.9. The van der Waals surface area contributed by atoms with Crippen molar-refractivity contribution in [1.82, 2.24) is 4.98 Å². The van der Waals surface area contributed by atoms with Crippen molar-refractivity contribution in [2.75, 3.05) is 7.11 Å². The van der Waals surface area contributed by atoms with Gasteiger partial charge in [0.25, 0.3) is 0 Å². The molecule has 1 aromatic rings. The van der Waals surface area contributed by atoms with Crippen LogP contribution in [-0.2, 0) is 10.6 Å². The minimum Gasteiger partial charge on any atom is -0.465 e. The summed E-state index contributed by atoms with van der Waals surface area (Å²) in [6, 6.07) is 0.953. The van der Waals surface area contributed by atoms with Gasteiger partial charge in [0.2, 0.25) is 0 Å². The number of methoxy groups -OCH3 is 1. The molecule has 0 saturated carbocycles.